The van der Waals surface area contributed by atoms with E-state index in [4.69, 9.17) is 16.7 Å². The first-order valence-electron chi connectivity index (χ1n) is 6.06. The second-order valence-corrected chi connectivity index (χ2v) is 4.76. The van der Waals surface area contributed by atoms with Crippen LogP contribution in [0.15, 0.2) is 36.5 Å². The minimum atomic E-state index is -1.10. The quantitative estimate of drug-likeness (QED) is 0.890. The average molecular weight is 311 g/mol. The van der Waals surface area contributed by atoms with Crippen LogP contribution in [0.25, 0.3) is 0 Å². The highest BCUT2D eigenvalue weighted by Gasteiger charge is 2.11. The molecule has 0 aliphatic carbocycles. The first-order valence-corrected chi connectivity index (χ1v) is 6.44. The van der Waals surface area contributed by atoms with Crippen LogP contribution in [0.3, 0.4) is 0 Å². The average Bonchev–Trinajstić information content (AvgIpc) is 2.88. The predicted molar refractivity (Wildman–Crippen MR) is 74.6 cm³/mol. The maximum absolute atomic E-state index is 13.0. The first kappa shape index (κ1) is 15.1. The third-order valence-corrected chi connectivity index (χ3v) is 3.13. The number of carboxylic acids is 1. The fourth-order valence-corrected chi connectivity index (χ4v) is 2.01. The number of benzene rings is 1. The largest absolute Gasteiger partial charge is 0.477 e. The molecular weight excluding hydrogens is 299 g/mol. The van der Waals surface area contributed by atoms with Gasteiger partial charge in [0.05, 0.1) is 5.02 Å². The molecule has 2 aromatic rings. The molecule has 0 aliphatic heterocycles. The maximum Gasteiger partial charge on any atom is 0.352 e. The van der Waals surface area contributed by atoms with Crippen molar-refractivity contribution < 1.29 is 19.1 Å². The first-order chi connectivity index (χ1) is 9.97. The van der Waals surface area contributed by atoms with Crippen molar-refractivity contribution >= 4 is 23.5 Å². The van der Waals surface area contributed by atoms with Crippen molar-refractivity contribution in [2.24, 2.45) is 0 Å². The van der Waals surface area contributed by atoms with Gasteiger partial charge in [-0.15, -0.1) is 0 Å². The zero-order valence-corrected chi connectivity index (χ0v) is 11.6. The summed E-state index contributed by atoms with van der Waals surface area (Å²) in [5.74, 6) is -1.97. The Morgan fingerprint density at radius 3 is 2.76 bits per heavy atom. The van der Waals surface area contributed by atoms with Crippen LogP contribution in [0.1, 0.15) is 16.1 Å². The Hall–Kier alpha value is -2.34. The molecule has 1 heterocycles. The molecule has 5 nitrogen and oxygen atoms in total. The van der Waals surface area contributed by atoms with E-state index < -0.39 is 11.8 Å². The molecule has 0 saturated carbocycles. The van der Waals surface area contributed by atoms with Gasteiger partial charge in [-0.2, -0.15) is 0 Å². The number of nitrogens with zero attached hydrogens (tertiary/aromatic N) is 1. The molecule has 110 valence electrons. The van der Waals surface area contributed by atoms with Crippen LogP contribution in [-0.4, -0.2) is 21.6 Å². The highest BCUT2D eigenvalue weighted by molar-refractivity contribution is 6.30. The number of hydrogen-bond acceptors (Lipinski definition) is 2. The van der Waals surface area contributed by atoms with E-state index in [9.17, 15) is 14.0 Å². The number of carboxylic acid groups (broad SMARTS) is 1. The second-order valence-electron chi connectivity index (χ2n) is 4.35. The number of rotatable bonds is 5. The fraction of sp³-hybridized carbons (Fsp3) is 0.143. The zero-order valence-electron chi connectivity index (χ0n) is 10.8. The topological polar surface area (TPSA) is 71.3 Å². The molecule has 0 radical (unpaired) electrons. The van der Waals surface area contributed by atoms with Gasteiger partial charge in [-0.05, 0) is 29.8 Å². The van der Waals surface area contributed by atoms with Crippen LogP contribution in [0.5, 0.6) is 0 Å². The lowest BCUT2D eigenvalue weighted by Gasteiger charge is -2.08. The minimum absolute atomic E-state index is 0.0136. The summed E-state index contributed by atoms with van der Waals surface area (Å²) in [5, 5.41) is 11.5. The lowest BCUT2D eigenvalue weighted by atomic mass is 10.2. The van der Waals surface area contributed by atoms with E-state index in [-0.39, 0.29) is 29.7 Å². The molecule has 0 aliphatic rings. The van der Waals surface area contributed by atoms with Crippen molar-refractivity contribution in [3.8, 4) is 0 Å². The van der Waals surface area contributed by atoms with Crippen molar-refractivity contribution in [1.29, 1.82) is 0 Å². The molecule has 0 fully saturated rings. The molecule has 1 aromatic heterocycles. The number of halogens is 2. The van der Waals surface area contributed by atoms with E-state index in [0.717, 1.165) is 0 Å². The van der Waals surface area contributed by atoms with Gasteiger partial charge in [-0.25, -0.2) is 9.18 Å². The highest BCUT2D eigenvalue weighted by atomic mass is 35.5. The Balaban J connectivity index is 1.94. The van der Waals surface area contributed by atoms with Crippen molar-refractivity contribution in [3.05, 3.63) is 58.6 Å². The summed E-state index contributed by atoms with van der Waals surface area (Å²) in [6.07, 6.45) is 1.51. The number of carbonyl (C=O) groups excluding carboxylic acids is 1. The van der Waals surface area contributed by atoms with Crippen molar-refractivity contribution in [2.75, 3.05) is 0 Å². The molecule has 0 saturated heterocycles. The van der Waals surface area contributed by atoms with Crippen molar-refractivity contribution in [3.63, 3.8) is 0 Å². The van der Waals surface area contributed by atoms with Gasteiger partial charge in [0.15, 0.2) is 0 Å². The van der Waals surface area contributed by atoms with E-state index in [0.29, 0.717) is 5.56 Å². The highest BCUT2D eigenvalue weighted by Crippen LogP contribution is 2.15. The van der Waals surface area contributed by atoms with Gasteiger partial charge in [-0.3, -0.25) is 4.79 Å². The second kappa shape index (κ2) is 6.41. The summed E-state index contributed by atoms with van der Waals surface area (Å²) in [7, 11) is 0. The molecular formula is C14H12ClFN2O3. The standard InChI is InChI=1S/C14H12ClFN2O3/c15-10-6-9(3-4-11(10)16)7-17-13(19)8-18-5-1-2-12(18)14(20)21/h1-6H,7-8H2,(H,17,19)(H,20,21). The molecule has 0 unspecified atom stereocenters. The summed E-state index contributed by atoms with van der Waals surface area (Å²) in [4.78, 5) is 22.7. The number of carbonyl (C=O) groups is 2. The lowest BCUT2D eigenvalue weighted by Crippen LogP contribution is -2.28. The van der Waals surface area contributed by atoms with Crippen LogP contribution < -0.4 is 5.32 Å². The molecule has 7 heteroatoms. The Labute approximate surface area is 125 Å². The zero-order chi connectivity index (χ0) is 15.4. The Morgan fingerprint density at radius 1 is 1.33 bits per heavy atom. The molecule has 0 bridgehead atoms. The summed E-state index contributed by atoms with van der Waals surface area (Å²) < 4.78 is 14.3. The van der Waals surface area contributed by atoms with E-state index in [1.807, 2.05) is 0 Å². The van der Waals surface area contributed by atoms with Crippen LogP contribution >= 0.6 is 11.6 Å². The molecule has 1 amide bonds. The Kier molecular flexibility index (Phi) is 4.59. The molecule has 0 spiro atoms. The number of aromatic nitrogens is 1. The van der Waals surface area contributed by atoms with Crippen LogP contribution in [0, 0.1) is 5.82 Å². The third-order valence-electron chi connectivity index (χ3n) is 2.84. The van der Waals surface area contributed by atoms with E-state index in [1.54, 1.807) is 6.07 Å². The fourth-order valence-electron chi connectivity index (χ4n) is 1.81. The van der Waals surface area contributed by atoms with Gasteiger partial charge < -0.3 is 15.0 Å². The number of amides is 1. The van der Waals surface area contributed by atoms with Crippen LogP contribution in [-0.2, 0) is 17.9 Å². The molecule has 1 aromatic carbocycles. The van der Waals surface area contributed by atoms with Gasteiger partial charge >= 0.3 is 5.97 Å². The summed E-state index contributed by atoms with van der Waals surface area (Å²) in [6.45, 7) is 0.0755. The van der Waals surface area contributed by atoms with E-state index in [2.05, 4.69) is 5.32 Å². The number of hydrogen-bond donors (Lipinski definition) is 2. The van der Waals surface area contributed by atoms with Crippen molar-refractivity contribution in [1.82, 2.24) is 9.88 Å². The van der Waals surface area contributed by atoms with Crippen LogP contribution in [0.2, 0.25) is 5.02 Å². The van der Waals surface area contributed by atoms with Crippen molar-refractivity contribution in [2.45, 2.75) is 13.1 Å². The van der Waals surface area contributed by atoms with E-state index >= 15 is 0 Å². The van der Waals surface area contributed by atoms with E-state index in [1.165, 1.54) is 35.0 Å². The summed E-state index contributed by atoms with van der Waals surface area (Å²) >= 11 is 5.64. The Bertz CT molecular complexity index is 685. The van der Waals surface area contributed by atoms with Gasteiger partial charge in [-0.1, -0.05) is 17.7 Å². The SMILES string of the molecule is O=C(Cn1cccc1C(=O)O)NCc1ccc(F)c(Cl)c1. The molecule has 0 atom stereocenters. The molecule has 21 heavy (non-hydrogen) atoms. The molecule has 2 rings (SSSR count). The normalized spacial score (nSPS) is 10.4. The van der Waals surface area contributed by atoms with Gasteiger partial charge in [0.1, 0.15) is 18.1 Å². The van der Waals surface area contributed by atoms with Gasteiger partial charge in [0.2, 0.25) is 5.91 Å². The summed E-state index contributed by atoms with van der Waals surface area (Å²) in [5.41, 5.74) is 0.690. The van der Waals surface area contributed by atoms with Crippen LogP contribution in [0.4, 0.5) is 4.39 Å². The summed E-state index contributed by atoms with van der Waals surface area (Å²) in [6, 6.07) is 7.12. The third kappa shape index (κ3) is 3.82. The smallest absolute Gasteiger partial charge is 0.352 e. The number of nitrogens with one attached hydrogen (secondary N) is 1. The monoisotopic (exact) mass is 310 g/mol. The van der Waals surface area contributed by atoms with Gasteiger partial charge in [0.25, 0.3) is 0 Å². The Morgan fingerprint density at radius 2 is 2.10 bits per heavy atom. The predicted octanol–water partition coefficient (Wildman–Crippen LogP) is 2.30. The number of aromatic carboxylic acids is 1. The molecule has 2 N–H and O–H groups in total. The minimum Gasteiger partial charge on any atom is -0.477 e. The lowest BCUT2D eigenvalue weighted by molar-refractivity contribution is -0.121. The maximum atomic E-state index is 13.0. The van der Waals surface area contributed by atoms with Gasteiger partial charge in [0, 0.05) is 12.7 Å².